The van der Waals surface area contributed by atoms with Crippen molar-refractivity contribution in [3.63, 3.8) is 0 Å². The minimum Gasteiger partial charge on any atom is -0.318 e. The zero-order valence-corrected chi connectivity index (χ0v) is 13.6. The molecule has 8 N–H and O–H groups in total. The summed E-state index contributed by atoms with van der Waals surface area (Å²) in [5, 5.41) is 12.7. The number of aromatic nitrogens is 3. The minimum absolute atomic E-state index is 0.0999. The molecule has 122 valence electrons. The second kappa shape index (κ2) is 7.38. The fraction of sp³-hybridized carbons (Fsp3) is 0.200. The number of hydrogen-bond donors (Lipinski definition) is 4. The molecule has 0 fully saturated rings. The van der Waals surface area contributed by atoms with E-state index in [-0.39, 0.29) is 11.5 Å². The molecule has 0 spiro atoms. The molecule has 2 heterocycles. The Morgan fingerprint density at radius 3 is 2.50 bits per heavy atom. The number of rotatable bonds is 3. The number of nitrogens with zero attached hydrogens (tertiary/aromatic N) is 4. The van der Waals surface area contributed by atoms with E-state index in [1.807, 2.05) is 0 Å². The molecule has 22 heavy (non-hydrogen) atoms. The van der Waals surface area contributed by atoms with Crippen LogP contribution in [0.2, 0.25) is 0 Å². The lowest BCUT2D eigenvalue weighted by molar-refractivity contribution is -0.552. The summed E-state index contributed by atoms with van der Waals surface area (Å²) in [5.74, 6) is 10.8. The number of halogens is 1. The van der Waals surface area contributed by atoms with Crippen LogP contribution in [0.3, 0.4) is 0 Å². The number of nitrogens with two attached hydrogens (primary N) is 4. The highest BCUT2D eigenvalue weighted by molar-refractivity contribution is 7.87. The Balaban J connectivity index is 0.00000116. The lowest BCUT2D eigenvalue weighted by Gasteiger charge is -2.06. The molecule has 0 bridgehead atoms. The van der Waals surface area contributed by atoms with E-state index in [1.165, 1.54) is 12.6 Å². The summed E-state index contributed by atoms with van der Waals surface area (Å²) in [6, 6.07) is 1.57. The average Bonchev–Trinajstić information content (AvgIpc) is 3.08. The van der Waals surface area contributed by atoms with Gasteiger partial charge in [-0.1, -0.05) is 0 Å². The van der Waals surface area contributed by atoms with Gasteiger partial charge in [-0.15, -0.1) is 16.7 Å². The number of aryl methyl sites for hydroxylation is 1. The SMILES string of the molecule is CCl.Cn1cc(-c2ccn(S(N)(=O)=O)c2/C(=N/N)[NH2+]N)cn1. The third-order valence-electron chi connectivity index (χ3n) is 2.68. The van der Waals surface area contributed by atoms with Gasteiger partial charge in [0.25, 0.3) is 5.84 Å². The molecule has 2 aromatic rings. The standard InChI is InChI=1S/C9H14N8O2S.CH3Cl/c1-16-5-6(4-13-16)7-2-3-17(20(12,18)19)8(7)9(14-10)15-11;1-2/h2-5H,10-11H2,1H3,(H,14,15)(H2,12,18,19);1H3/p+1. The molecule has 0 atom stereocenters. The van der Waals surface area contributed by atoms with Crippen LogP contribution < -0.4 is 22.3 Å². The van der Waals surface area contributed by atoms with Crippen molar-refractivity contribution in [1.82, 2.24) is 13.8 Å². The zero-order chi connectivity index (χ0) is 16.9. The molecule has 2 rings (SSSR count). The number of quaternary nitrogens is 1. The van der Waals surface area contributed by atoms with Gasteiger partial charge in [0.15, 0.2) is 5.69 Å². The lowest BCUT2D eigenvalue weighted by Crippen LogP contribution is -2.95. The maximum absolute atomic E-state index is 11.6. The predicted molar refractivity (Wildman–Crippen MR) is 83.8 cm³/mol. The molecule has 0 saturated heterocycles. The van der Waals surface area contributed by atoms with E-state index in [1.54, 1.807) is 30.2 Å². The van der Waals surface area contributed by atoms with Gasteiger partial charge in [-0.25, -0.2) is 14.5 Å². The number of hydrogen-bond acceptors (Lipinski definition) is 6. The molecular formula is C10H18ClN8O2S+. The Labute approximate surface area is 132 Å². The highest BCUT2D eigenvalue weighted by Crippen LogP contribution is 2.24. The molecule has 0 aliphatic carbocycles. The molecule has 0 aliphatic rings. The van der Waals surface area contributed by atoms with Gasteiger partial charge in [-0.3, -0.25) is 4.68 Å². The number of hydrazone groups is 1. The van der Waals surface area contributed by atoms with Gasteiger partial charge in [-0.2, -0.15) is 19.4 Å². The molecule has 0 amide bonds. The van der Waals surface area contributed by atoms with Crippen molar-refractivity contribution in [1.29, 1.82) is 0 Å². The quantitative estimate of drug-likeness (QED) is 0.163. The third kappa shape index (κ3) is 3.64. The van der Waals surface area contributed by atoms with E-state index in [2.05, 4.69) is 21.8 Å². The average molecular weight is 350 g/mol. The van der Waals surface area contributed by atoms with Crippen molar-refractivity contribution < 1.29 is 13.8 Å². The molecular weight excluding hydrogens is 332 g/mol. The monoisotopic (exact) mass is 349 g/mol. The molecule has 0 radical (unpaired) electrons. The van der Waals surface area contributed by atoms with Gasteiger partial charge in [0, 0.05) is 37.0 Å². The van der Waals surface area contributed by atoms with Crippen LogP contribution >= 0.6 is 11.6 Å². The van der Waals surface area contributed by atoms with Crippen LogP contribution in [0.1, 0.15) is 5.69 Å². The predicted octanol–water partition coefficient (Wildman–Crippen LogP) is -2.15. The summed E-state index contributed by atoms with van der Waals surface area (Å²) in [7, 11) is -2.26. The van der Waals surface area contributed by atoms with Gasteiger partial charge in [0.1, 0.15) is 0 Å². The van der Waals surface area contributed by atoms with Gasteiger partial charge in [-0.05, 0) is 6.07 Å². The van der Waals surface area contributed by atoms with E-state index in [0.717, 1.165) is 9.40 Å². The van der Waals surface area contributed by atoms with Crippen LogP contribution in [0.15, 0.2) is 29.8 Å². The normalized spacial score (nSPS) is 12.0. The van der Waals surface area contributed by atoms with Crippen LogP contribution in [0.4, 0.5) is 0 Å². The Kier molecular flexibility index (Phi) is 6.08. The fourth-order valence-corrected chi connectivity index (χ4v) is 2.53. The molecule has 0 aliphatic heterocycles. The van der Waals surface area contributed by atoms with Crippen LogP contribution in [-0.2, 0) is 17.3 Å². The van der Waals surface area contributed by atoms with E-state index in [0.29, 0.717) is 11.1 Å². The summed E-state index contributed by atoms with van der Waals surface area (Å²) in [4.78, 5) is 0. The first-order chi connectivity index (χ1) is 10.4. The summed E-state index contributed by atoms with van der Waals surface area (Å²) >= 11 is 4.64. The molecule has 10 nitrogen and oxygen atoms in total. The second-order valence-electron chi connectivity index (χ2n) is 4.00. The first-order valence-electron chi connectivity index (χ1n) is 5.83. The maximum Gasteiger partial charge on any atom is 0.303 e. The summed E-state index contributed by atoms with van der Waals surface area (Å²) in [6.45, 7) is 0. The van der Waals surface area contributed by atoms with Crippen molar-refractivity contribution >= 4 is 27.6 Å². The van der Waals surface area contributed by atoms with Gasteiger partial charge in [0.05, 0.1) is 6.20 Å². The Bertz CT molecular complexity index is 764. The van der Waals surface area contributed by atoms with Gasteiger partial charge in [0.2, 0.25) is 0 Å². The largest absolute Gasteiger partial charge is 0.318 e. The first-order valence-corrected chi connectivity index (χ1v) is 8.09. The molecule has 0 saturated carbocycles. The van der Waals surface area contributed by atoms with Crippen LogP contribution in [-0.4, -0.2) is 34.4 Å². The third-order valence-corrected chi connectivity index (χ3v) is 3.53. The smallest absolute Gasteiger partial charge is 0.303 e. The van der Waals surface area contributed by atoms with E-state index in [9.17, 15) is 8.42 Å². The van der Waals surface area contributed by atoms with Gasteiger partial charge < -0.3 is 5.84 Å². The van der Waals surface area contributed by atoms with Crippen LogP contribution in [0.5, 0.6) is 0 Å². The highest BCUT2D eigenvalue weighted by atomic mass is 35.5. The summed E-state index contributed by atoms with van der Waals surface area (Å²) in [5.41, 5.74) is 2.54. The lowest BCUT2D eigenvalue weighted by atomic mass is 10.1. The van der Waals surface area contributed by atoms with E-state index >= 15 is 0 Å². The molecule has 0 aromatic carbocycles. The van der Waals surface area contributed by atoms with Crippen molar-refractivity contribution in [2.24, 2.45) is 29.0 Å². The first kappa shape index (κ1) is 18.1. The van der Waals surface area contributed by atoms with Crippen molar-refractivity contribution in [2.75, 3.05) is 6.38 Å². The van der Waals surface area contributed by atoms with Crippen molar-refractivity contribution in [2.45, 2.75) is 0 Å². The van der Waals surface area contributed by atoms with Crippen molar-refractivity contribution in [3.05, 3.63) is 30.4 Å². The number of alkyl halides is 1. The Morgan fingerprint density at radius 2 is 2.09 bits per heavy atom. The second-order valence-corrected chi connectivity index (χ2v) is 5.43. The highest BCUT2D eigenvalue weighted by Gasteiger charge is 2.24. The van der Waals surface area contributed by atoms with Gasteiger partial charge >= 0.3 is 10.2 Å². The Hall–Kier alpha value is -1.92. The summed E-state index contributed by atoms with van der Waals surface area (Å²) < 4.78 is 25.7. The molecule has 0 unspecified atom stereocenters. The maximum atomic E-state index is 11.6. The number of amidine groups is 1. The van der Waals surface area contributed by atoms with Crippen LogP contribution in [0.25, 0.3) is 11.1 Å². The fourth-order valence-electron chi connectivity index (χ4n) is 1.85. The topological polar surface area (TPSA) is 164 Å². The van der Waals surface area contributed by atoms with E-state index < -0.39 is 10.2 Å². The molecule has 2 aromatic heterocycles. The molecule has 12 heteroatoms. The summed E-state index contributed by atoms with van der Waals surface area (Å²) in [6.07, 6.45) is 6.08. The Morgan fingerprint density at radius 1 is 1.45 bits per heavy atom. The van der Waals surface area contributed by atoms with Crippen molar-refractivity contribution in [3.8, 4) is 11.1 Å². The minimum atomic E-state index is -4.00. The van der Waals surface area contributed by atoms with E-state index in [4.69, 9.17) is 16.8 Å². The van der Waals surface area contributed by atoms with Crippen LogP contribution in [0, 0.1) is 0 Å². The zero-order valence-electron chi connectivity index (χ0n) is 12.0.